The minimum Gasteiger partial charge on any atom is -0.492 e. The molecule has 0 saturated carbocycles. The molecule has 0 aliphatic carbocycles. The van der Waals surface area contributed by atoms with Gasteiger partial charge in [-0.1, -0.05) is 18.2 Å². The maximum Gasteiger partial charge on any atom is 0.291 e. The summed E-state index contributed by atoms with van der Waals surface area (Å²) in [5.74, 6) is -0.174. The van der Waals surface area contributed by atoms with Crippen molar-refractivity contribution in [1.29, 1.82) is 0 Å². The molecule has 3 aromatic rings. The number of amides is 1. The number of hydrogen-bond donors (Lipinski definition) is 1. The molecule has 160 valence electrons. The molecule has 0 aliphatic rings. The summed E-state index contributed by atoms with van der Waals surface area (Å²) in [6, 6.07) is 11.8. The number of carbonyl (C=O) groups excluding carboxylic acids is 1. The van der Waals surface area contributed by atoms with Crippen LogP contribution in [0.3, 0.4) is 0 Å². The van der Waals surface area contributed by atoms with Crippen molar-refractivity contribution < 1.29 is 27.1 Å². The molecule has 0 bridgehead atoms. The van der Waals surface area contributed by atoms with Gasteiger partial charge in [-0.2, -0.15) is 0 Å². The average molecular weight is 432 g/mol. The number of carbonyl (C=O) groups is 1. The second-order valence-corrected chi connectivity index (χ2v) is 8.80. The second-order valence-electron chi connectivity index (χ2n) is 6.67. The number of furan rings is 1. The summed E-state index contributed by atoms with van der Waals surface area (Å²) in [6.07, 6.45) is 0. The summed E-state index contributed by atoms with van der Waals surface area (Å²) >= 11 is 0. The zero-order valence-corrected chi connectivity index (χ0v) is 18.1. The number of nitrogens with zero attached hydrogens (tertiary/aromatic N) is 1. The van der Waals surface area contributed by atoms with Gasteiger partial charge in [0.15, 0.2) is 5.76 Å². The zero-order valence-electron chi connectivity index (χ0n) is 17.3. The van der Waals surface area contributed by atoms with Gasteiger partial charge in [0.05, 0.1) is 13.2 Å². The summed E-state index contributed by atoms with van der Waals surface area (Å²) < 4.78 is 42.9. The second kappa shape index (κ2) is 8.86. The third kappa shape index (κ3) is 4.18. The quantitative estimate of drug-likeness (QED) is 0.585. The number of methoxy groups -OCH3 is 1. The number of para-hydroxylation sites is 1. The molecule has 30 heavy (non-hydrogen) atoms. The Kier molecular flexibility index (Phi) is 6.45. The highest BCUT2D eigenvalue weighted by Gasteiger charge is 2.25. The molecule has 8 nitrogen and oxygen atoms in total. The molecular weight excluding hydrogens is 408 g/mol. The predicted octanol–water partition coefficient (Wildman–Crippen LogP) is 3.48. The number of anilines is 1. The number of sulfonamides is 1. The van der Waals surface area contributed by atoms with E-state index in [-0.39, 0.29) is 23.0 Å². The van der Waals surface area contributed by atoms with Crippen molar-refractivity contribution in [3.8, 4) is 5.75 Å². The fourth-order valence-corrected chi connectivity index (χ4v) is 4.07. The highest BCUT2D eigenvalue weighted by atomic mass is 32.2. The molecule has 2 aromatic carbocycles. The molecule has 1 heterocycles. The van der Waals surface area contributed by atoms with Gasteiger partial charge in [-0.3, -0.25) is 4.79 Å². The normalized spacial score (nSPS) is 11.8. The van der Waals surface area contributed by atoms with Crippen molar-refractivity contribution in [1.82, 2.24) is 4.31 Å². The molecule has 1 amide bonds. The minimum absolute atomic E-state index is 0.0335. The fourth-order valence-electron chi connectivity index (χ4n) is 3.02. The Morgan fingerprint density at radius 2 is 1.90 bits per heavy atom. The Morgan fingerprint density at radius 1 is 1.17 bits per heavy atom. The van der Waals surface area contributed by atoms with Crippen molar-refractivity contribution in [3.63, 3.8) is 0 Å². The summed E-state index contributed by atoms with van der Waals surface area (Å²) in [4.78, 5) is 12.9. The van der Waals surface area contributed by atoms with Gasteiger partial charge in [-0.25, -0.2) is 12.7 Å². The molecular formula is C21H24N2O6S. The zero-order chi connectivity index (χ0) is 21.9. The van der Waals surface area contributed by atoms with E-state index < -0.39 is 15.9 Å². The van der Waals surface area contributed by atoms with Crippen molar-refractivity contribution in [2.45, 2.75) is 18.4 Å². The summed E-state index contributed by atoms with van der Waals surface area (Å²) in [7, 11) is 0.624. The third-order valence-corrected chi connectivity index (χ3v) is 6.29. The van der Waals surface area contributed by atoms with Crippen molar-refractivity contribution in [3.05, 3.63) is 53.8 Å². The van der Waals surface area contributed by atoms with Crippen LogP contribution >= 0.6 is 0 Å². The van der Waals surface area contributed by atoms with Crippen LogP contribution in [0, 0.1) is 0 Å². The first-order valence-corrected chi connectivity index (χ1v) is 10.7. The van der Waals surface area contributed by atoms with E-state index in [4.69, 9.17) is 13.9 Å². The molecule has 0 saturated heterocycles. The average Bonchev–Trinajstić information content (AvgIpc) is 3.08. The van der Waals surface area contributed by atoms with Crippen LogP contribution in [0.25, 0.3) is 11.0 Å². The fraction of sp³-hybridized carbons (Fsp3) is 0.286. The number of hydrogen-bond acceptors (Lipinski definition) is 6. The van der Waals surface area contributed by atoms with Gasteiger partial charge in [0.25, 0.3) is 5.91 Å². The SMILES string of the molecule is CCOc1ccc(NC(=O)c2oc3ccccc3c2COC)cc1S(=O)(=O)N(C)C. The summed E-state index contributed by atoms with van der Waals surface area (Å²) in [5.41, 5.74) is 1.49. The Labute approximate surface area is 175 Å². The first-order valence-electron chi connectivity index (χ1n) is 9.29. The van der Waals surface area contributed by atoms with Gasteiger partial charge in [-0.15, -0.1) is 0 Å². The molecule has 0 atom stereocenters. The van der Waals surface area contributed by atoms with Crippen molar-refractivity contribution >= 4 is 32.6 Å². The highest BCUT2D eigenvalue weighted by Crippen LogP contribution is 2.31. The van der Waals surface area contributed by atoms with E-state index in [2.05, 4.69) is 5.32 Å². The Morgan fingerprint density at radius 3 is 2.57 bits per heavy atom. The minimum atomic E-state index is -3.78. The molecule has 1 N–H and O–H groups in total. The number of nitrogens with one attached hydrogen (secondary N) is 1. The topological polar surface area (TPSA) is 98.1 Å². The maximum absolute atomic E-state index is 12.9. The molecule has 3 rings (SSSR count). The van der Waals surface area contributed by atoms with Gasteiger partial charge in [0, 0.05) is 37.8 Å². The van der Waals surface area contributed by atoms with Gasteiger partial charge in [-0.05, 0) is 31.2 Å². The summed E-state index contributed by atoms with van der Waals surface area (Å²) in [6.45, 7) is 2.27. The van der Waals surface area contributed by atoms with Crippen LogP contribution in [0.5, 0.6) is 5.75 Å². The standard InChI is InChI=1S/C21H24N2O6S/c1-5-28-18-11-10-14(12-19(18)30(25,26)23(2)3)22-21(24)20-16(13-27-4)15-8-6-7-9-17(15)29-20/h6-12H,5,13H2,1-4H3,(H,22,24). The number of fused-ring (bicyclic) bond motifs is 1. The third-order valence-electron chi connectivity index (χ3n) is 4.45. The van der Waals surface area contributed by atoms with E-state index >= 15 is 0 Å². The Balaban J connectivity index is 2.00. The van der Waals surface area contributed by atoms with Crippen LogP contribution in [-0.4, -0.2) is 46.4 Å². The monoisotopic (exact) mass is 432 g/mol. The molecule has 0 radical (unpaired) electrons. The first-order chi connectivity index (χ1) is 14.3. The van der Waals surface area contributed by atoms with E-state index in [1.165, 1.54) is 33.3 Å². The van der Waals surface area contributed by atoms with Crippen LogP contribution < -0.4 is 10.1 Å². The lowest BCUT2D eigenvalue weighted by atomic mass is 10.1. The smallest absolute Gasteiger partial charge is 0.291 e. The van der Waals surface area contributed by atoms with Gasteiger partial charge in [0.1, 0.15) is 16.2 Å². The van der Waals surface area contributed by atoms with Crippen LogP contribution in [0.2, 0.25) is 0 Å². The lowest BCUT2D eigenvalue weighted by Gasteiger charge is -2.16. The van der Waals surface area contributed by atoms with Crippen molar-refractivity contribution in [2.24, 2.45) is 0 Å². The van der Waals surface area contributed by atoms with Gasteiger partial charge < -0.3 is 19.2 Å². The molecule has 0 unspecified atom stereocenters. The first kappa shape index (κ1) is 21.8. The Hall–Kier alpha value is -2.88. The van der Waals surface area contributed by atoms with E-state index in [1.54, 1.807) is 19.1 Å². The number of rotatable bonds is 8. The predicted molar refractivity (Wildman–Crippen MR) is 113 cm³/mol. The maximum atomic E-state index is 12.9. The van der Waals surface area contributed by atoms with Crippen LogP contribution in [0.15, 0.2) is 51.8 Å². The van der Waals surface area contributed by atoms with E-state index in [0.717, 1.165) is 9.69 Å². The van der Waals surface area contributed by atoms with Gasteiger partial charge in [0.2, 0.25) is 10.0 Å². The highest BCUT2D eigenvalue weighted by molar-refractivity contribution is 7.89. The molecule has 0 spiro atoms. The van der Waals surface area contributed by atoms with Crippen LogP contribution in [-0.2, 0) is 21.4 Å². The largest absolute Gasteiger partial charge is 0.492 e. The number of ether oxygens (including phenoxy) is 2. The molecule has 9 heteroatoms. The van der Waals surface area contributed by atoms with E-state index in [1.807, 2.05) is 18.2 Å². The van der Waals surface area contributed by atoms with E-state index in [9.17, 15) is 13.2 Å². The lowest BCUT2D eigenvalue weighted by molar-refractivity contribution is 0.0992. The number of benzene rings is 2. The lowest BCUT2D eigenvalue weighted by Crippen LogP contribution is -2.23. The molecule has 1 aromatic heterocycles. The Bertz CT molecular complexity index is 1170. The molecule has 0 fully saturated rings. The van der Waals surface area contributed by atoms with Crippen LogP contribution in [0.4, 0.5) is 5.69 Å². The molecule has 0 aliphatic heterocycles. The summed E-state index contributed by atoms with van der Waals surface area (Å²) in [5, 5.41) is 3.50. The van der Waals surface area contributed by atoms with Crippen molar-refractivity contribution in [2.75, 3.05) is 33.1 Å². The van der Waals surface area contributed by atoms with Gasteiger partial charge >= 0.3 is 0 Å². The van der Waals surface area contributed by atoms with Crippen LogP contribution in [0.1, 0.15) is 23.0 Å². The van der Waals surface area contributed by atoms with E-state index in [0.29, 0.717) is 23.4 Å².